The van der Waals surface area contributed by atoms with Crippen molar-refractivity contribution in [2.45, 2.75) is 19.8 Å². The van der Waals surface area contributed by atoms with E-state index in [2.05, 4.69) is 5.32 Å². The zero-order chi connectivity index (χ0) is 14.5. The van der Waals surface area contributed by atoms with Crippen LogP contribution in [0.3, 0.4) is 0 Å². The number of nitrogens with two attached hydrogens (primary N) is 1. The van der Waals surface area contributed by atoms with Crippen molar-refractivity contribution < 1.29 is 4.79 Å². The summed E-state index contributed by atoms with van der Waals surface area (Å²) in [5, 5.41) is 3.43. The van der Waals surface area contributed by atoms with Gasteiger partial charge in [-0.3, -0.25) is 4.79 Å². The molecular weight excluding hydrogens is 272 g/mol. The number of amides is 1. The maximum atomic E-state index is 12.0. The second-order valence-corrected chi connectivity index (χ2v) is 4.99. The molecule has 0 saturated heterocycles. The van der Waals surface area contributed by atoms with Crippen LogP contribution in [0.4, 0.5) is 11.4 Å². The molecule has 0 saturated carbocycles. The topological polar surface area (TPSA) is 55.1 Å². The molecule has 0 heterocycles. The number of hydrogen-bond donors (Lipinski definition) is 2. The number of benzene rings is 2. The van der Waals surface area contributed by atoms with Gasteiger partial charge in [0, 0.05) is 16.4 Å². The number of nitrogen functional groups attached to an aromatic ring is 1. The molecule has 0 aromatic heterocycles. The van der Waals surface area contributed by atoms with Crippen LogP contribution in [-0.2, 0) is 17.6 Å². The lowest BCUT2D eigenvalue weighted by Gasteiger charge is -2.09. The molecular formula is C16H17ClN2O. The van der Waals surface area contributed by atoms with Crippen molar-refractivity contribution in [2.75, 3.05) is 11.1 Å². The number of nitrogens with one attached hydrogen (secondary N) is 1. The molecule has 3 nitrogen and oxygen atoms in total. The molecule has 0 fully saturated rings. The molecule has 0 aliphatic rings. The summed E-state index contributed by atoms with van der Waals surface area (Å²) in [6.45, 7) is 2.04. The van der Waals surface area contributed by atoms with E-state index >= 15 is 0 Å². The minimum atomic E-state index is -0.109. The molecule has 2 aromatic rings. The first-order valence-electron chi connectivity index (χ1n) is 6.51. The molecule has 2 aromatic carbocycles. The fourth-order valence-corrected chi connectivity index (χ4v) is 2.22. The summed E-state index contributed by atoms with van der Waals surface area (Å²) in [6.07, 6.45) is 1.12. The lowest BCUT2D eigenvalue weighted by Crippen LogP contribution is -2.14. The predicted octanol–water partition coefficient (Wildman–Crippen LogP) is 3.67. The summed E-state index contributed by atoms with van der Waals surface area (Å²) in [7, 11) is 0. The van der Waals surface area contributed by atoms with Crippen molar-refractivity contribution in [1.29, 1.82) is 0 Å². The molecule has 3 N–H and O–H groups in total. The van der Waals surface area contributed by atoms with Crippen LogP contribution in [-0.4, -0.2) is 5.91 Å². The van der Waals surface area contributed by atoms with Gasteiger partial charge in [0.1, 0.15) is 0 Å². The number of hydrogen-bond acceptors (Lipinski definition) is 2. The summed E-state index contributed by atoms with van der Waals surface area (Å²) in [5.74, 6) is -0.109. The summed E-state index contributed by atoms with van der Waals surface area (Å²) in [6, 6.07) is 12.9. The smallest absolute Gasteiger partial charge is 0.228 e. The maximum Gasteiger partial charge on any atom is 0.228 e. The Kier molecular flexibility index (Phi) is 4.64. The van der Waals surface area contributed by atoms with Gasteiger partial charge in [0.25, 0.3) is 0 Å². The SMILES string of the molecule is CCc1ccc(NC(=O)Cc2ccccc2Cl)cc1N. The van der Waals surface area contributed by atoms with E-state index in [-0.39, 0.29) is 12.3 Å². The third-order valence-corrected chi connectivity index (χ3v) is 3.49. The van der Waals surface area contributed by atoms with E-state index in [1.54, 1.807) is 12.1 Å². The average Bonchev–Trinajstić information content (AvgIpc) is 2.41. The predicted molar refractivity (Wildman–Crippen MR) is 84.0 cm³/mol. The van der Waals surface area contributed by atoms with Gasteiger partial charge < -0.3 is 11.1 Å². The van der Waals surface area contributed by atoms with E-state index in [0.29, 0.717) is 16.4 Å². The molecule has 0 bridgehead atoms. The molecule has 0 unspecified atom stereocenters. The third kappa shape index (κ3) is 3.52. The molecule has 2 rings (SSSR count). The average molecular weight is 289 g/mol. The minimum Gasteiger partial charge on any atom is -0.398 e. The highest BCUT2D eigenvalue weighted by Gasteiger charge is 2.07. The fraction of sp³-hybridized carbons (Fsp3) is 0.188. The number of aryl methyl sites for hydroxylation is 1. The van der Waals surface area contributed by atoms with E-state index < -0.39 is 0 Å². The molecule has 4 heteroatoms. The molecule has 0 atom stereocenters. The Balaban J connectivity index is 2.05. The molecule has 1 amide bonds. The number of halogens is 1. The number of carbonyl (C=O) groups is 1. The minimum absolute atomic E-state index is 0.109. The number of rotatable bonds is 4. The van der Waals surface area contributed by atoms with Gasteiger partial charge in [-0.2, -0.15) is 0 Å². The second kappa shape index (κ2) is 6.44. The highest BCUT2D eigenvalue weighted by molar-refractivity contribution is 6.31. The Morgan fingerprint density at radius 2 is 1.95 bits per heavy atom. The van der Waals surface area contributed by atoms with Gasteiger partial charge in [-0.1, -0.05) is 42.8 Å². The maximum absolute atomic E-state index is 12.0. The first-order chi connectivity index (χ1) is 9.60. The monoisotopic (exact) mass is 288 g/mol. The van der Waals surface area contributed by atoms with Crippen molar-refractivity contribution in [1.82, 2.24) is 0 Å². The van der Waals surface area contributed by atoms with Crippen LogP contribution in [0.25, 0.3) is 0 Å². The summed E-state index contributed by atoms with van der Waals surface area (Å²) >= 11 is 6.04. The standard InChI is InChI=1S/C16H17ClN2O/c1-2-11-7-8-13(10-15(11)18)19-16(20)9-12-5-3-4-6-14(12)17/h3-8,10H,2,9,18H2,1H3,(H,19,20). The van der Waals surface area contributed by atoms with E-state index in [4.69, 9.17) is 17.3 Å². The van der Waals surface area contributed by atoms with Gasteiger partial charge in [-0.05, 0) is 35.7 Å². The molecule has 104 valence electrons. The van der Waals surface area contributed by atoms with Crippen LogP contribution in [0.2, 0.25) is 5.02 Å². The first kappa shape index (κ1) is 14.4. The van der Waals surface area contributed by atoms with E-state index in [1.807, 2.05) is 37.3 Å². The van der Waals surface area contributed by atoms with Crippen molar-refractivity contribution in [3.05, 3.63) is 58.6 Å². The highest BCUT2D eigenvalue weighted by Crippen LogP contribution is 2.20. The Hall–Kier alpha value is -2.00. The van der Waals surface area contributed by atoms with E-state index in [9.17, 15) is 4.79 Å². The van der Waals surface area contributed by atoms with Crippen LogP contribution in [0.15, 0.2) is 42.5 Å². The fourth-order valence-electron chi connectivity index (χ4n) is 2.01. The zero-order valence-corrected chi connectivity index (χ0v) is 12.1. The van der Waals surface area contributed by atoms with Crippen molar-refractivity contribution in [3.8, 4) is 0 Å². The van der Waals surface area contributed by atoms with Crippen LogP contribution in [0, 0.1) is 0 Å². The van der Waals surface area contributed by atoms with Gasteiger partial charge in [-0.15, -0.1) is 0 Å². The lowest BCUT2D eigenvalue weighted by molar-refractivity contribution is -0.115. The Labute approximate surface area is 123 Å². The van der Waals surface area contributed by atoms with Crippen molar-refractivity contribution in [2.24, 2.45) is 0 Å². The molecule has 0 radical (unpaired) electrons. The third-order valence-electron chi connectivity index (χ3n) is 3.12. The first-order valence-corrected chi connectivity index (χ1v) is 6.89. The second-order valence-electron chi connectivity index (χ2n) is 4.58. The Morgan fingerprint density at radius 1 is 1.20 bits per heavy atom. The quantitative estimate of drug-likeness (QED) is 0.844. The van der Waals surface area contributed by atoms with Gasteiger partial charge in [-0.25, -0.2) is 0 Å². The zero-order valence-electron chi connectivity index (χ0n) is 11.3. The van der Waals surface area contributed by atoms with Gasteiger partial charge in [0.15, 0.2) is 0 Å². The van der Waals surface area contributed by atoms with E-state index in [1.165, 1.54) is 0 Å². The molecule has 0 aliphatic heterocycles. The Bertz CT molecular complexity index is 626. The van der Waals surface area contributed by atoms with Gasteiger partial charge in [0.05, 0.1) is 6.42 Å². The summed E-state index contributed by atoms with van der Waals surface area (Å²) < 4.78 is 0. The van der Waals surface area contributed by atoms with Crippen molar-refractivity contribution in [3.63, 3.8) is 0 Å². The van der Waals surface area contributed by atoms with Crippen LogP contribution in [0.1, 0.15) is 18.1 Å². The van der Waals surface area contributed by atoms with Gasteiger partial charge >= 0.3 is 0 Å². The van der Waals surface area contributed by atoms with E-state index in [0.717, 1.165) is 17.5 Å². The normalized spacial score (nSPS) is 10.3. The van der Waals surface area contributed by atoms with Crippen molar-refractivity contribution >= 4 is 28.9 Å². The number of carbonyl (C=O) groups excluding carboxylic acids is 1. The lowest BCUT2D eigenvalue weighted by atomic mass is 10.1. The Morgan fingerprint density at radius 3 is 2.60 bits per heavy atom. The number of anilines is 2. The largest absolute Gasteiger partial charge is 0.398 e. The summed E-state index contributed by atoms with van der Waals surface area (Å²) in [4.78, 5) is 12.0. The van der Waals surface area contributed by atoms with Crippen LogP contribution < -0.4 is 11.1 Å². The molecule has 0 spiro atoms. The van der Waals surface area contributed by atoms with Gasteiger partial charge in [0.2, 0.25) is 5.91 Å². The molecule has 0 aliphatic carbocycles. The van der Waals surface area contributed by atoms with Crippen LogP contribution >= 0.6 is 11.6 Å². The molecule has 20 heavy (non-hydrogen) atoms. The summed E-state index contributed by atoms with van der Waals surface area (Å²) in [5.41, 5.74) is 9.20. The highest BCUT2D eigenvalue weighted by atomic mass is 35.5. The van der Waals surface area contributed by atoms with Crippen LogP contribution in [0.5, 0.6) is 0 Å².